The van der Waals surface area contributed by atoms with Crippen molar-refractivity contribution in [3.05, 3.63) is 58.6 Å². The van der Waals surface area contributed by atoms with Crippen LogP contribution >= 0.6 is 11.6 Å². The Morgan fingerprint density at radius 2 is 1.72 bits per heavy atom. The Morgan fingerprint density at radius 3 is 2.36 bits per heavy atom. The second-order valence-electron chi connectivity index (χ2n) is 5.45. The van der Waals surface area contributed by atoms with Gasteiger partial charge in [0.1, 0.15) is 0 Å². The minimum absolute atomic E-state index is 0.186. The van der Waals surface area contributed by atoms with E-state index in [2.05, 4.69) is 5.10 Å². The van der Waals surface area contributed by atoms with Crippen LogP contribution in [0.15, 0.2) is 53.1 Å². The Kier molecular flexibility index (Phi) is 4.76. The number of ether oxygens (including phenoxy) is 2. The van der Waals surface area contributed by atoms with Crippen LogP contribution in [0.3, 0.4) is 0 Å². The molecule has 128 valence electrons. The van der Waals surface area contributed by atoms with Crippen molar-refractivity contribution in [1.82, 2.24) is 0 Å². The fourth-order valence-electron chi connectivity index (χ4n) is 2.55. The zero-order valence-corrected chi connectivity index (χ0v) is 14.9. The van der Waals surface area contributed by atoms with Gasteiger partial charge >= 0.3 is 0 Å². The van der Waals surface area contributed by atoms with E-state index in [1.54, 1.807) is 57.6 Å². The molecule has 0 unspecified atom stereocenters. The SMILES string of the molecule is COc1ccc(/C=C2/C(=O)N(c3ccc(Cl)cc3)N=C2C)cc1OC. The molecule has 1 aliphatic heterocycles. The van der Waals surface area contributed by atoms with Crippen molar-refractivity contribution in [3.8, 4) is 11.5 Å². The van der Waals surface area contributed by atoms with Crippen molar-refractivity contribution >= 4 is 35.0 Å². The van der Waals surface area contributed by atoms with Crippen LogP contribution in [0.1, 0.15) is 12.5 Å². The maximum absolute atomic E-state index is 12.7. The highest BCUT2D eigenvalue weighted by molar-refractivity contribution is 6.32. The number of carbonyl (C=O) groups is 1. The highest BCUT2D eigenvalue weighted by Crippen LogP contribution is 2.30. The molecule has 25 heavy (non-hydrogen) atoms. The van der Waals surface area contributed by atoms with Crippen molar-refractivity contribution in [2.45, 2.75) is 6.92 Å². The number of anilines is 1. The number of nitrogens with zero attached hydrogens (tertiary/aromatic N) is 2. The Morgan fingerprint density at radius 1 is 1.04 bits per heavy atom. The van der Waals surface area contributed by atoms with Crippen molar-refractivity contribution in [2.75, 3.05) is 19.2 Å². The van der Waals surface area contributed by atoms with Gasteiger partial charge in [0.25, 0.3) is 5.91 Å². The predicted molar refractivity (Wildman–Crippen MR) is 99.6 cm³/mol. The molecule has 2 aromatic carbocycles. The summed E-state index contributed by atoms with van der Waals surface area (Å²) in [5.41, 5.74) is 2.68. The van der Waals surface area contributed by atoms with Crippen molar-refractivity contribution in [3.63, 3.8) is 0 Å². The molecule has 0 aliphatic carbocycles. The third-order valence-electron chi connectivity index (χ3n) is 3.85. The van der Waals surface area contributed by atoms with E-state index >= 15 is 0 Å². The lowest BCUT2D eigenvalue weighted by molar-refractivity contribution is -0.114. The number of rotatable bonds is 4. The number of hydrazone groups is 1. The van der Waals surface area contributed by atoms with Crippen LogP contribution in [-0.2, 0) is 4.79 Å². The van der Waals surface area contributed by atoms with E-state index in [9.17, 15) is 4.79 Å². The molecule has 0 fully saturated rings. The quantitative estimate of drug-likeness (QED) is 0.773. The lowest BCUT2D eigenvalue weighted by Gasteiger charge is -2.11. The van der Waals surface area contributed by atoms with Crippen LogP contribution in [0.2, 0.25) is 5.02 Å². The van der Waals surface area contributed by atoms with Crippen molar-refractivity contribution < 1.29 is 14.3 Å². The molecule has 0 bridgehead atoms. The number of hydrogen-bond acceptors (Lipinski definition) is 4. The van der Waals surface area contributed by atoms with Gasteiger partial charge in [-0.15, -0.1) is 0 Å². The van der Waals surface area contributed by atoms with Gasteiger partial charge in [0.15, 0.2) is 11.5 Å². The summed E-state index contributed by atoms with van der Waals surface area (Å²) in [5.74, 6) is 1.05. The monoisotopic (exact) mass is 356 g/mol. The molecule has 1 aliphatic rings. The van der Waals surface area contributed by atoms with Crippen LogP contribution in [0.5, 0.6) is 11.5 Å². The average molecular weight is 357 g/mol. The van der Waals surface area contributed by atoms with Gasteiger partial charge in [0.05, 0.1) is 31.2 Å². The summed E-state index contributed by atoms with van der Waals surface area (Å²) in [6.07, 6.45) is 1.79. The number of methoxy groups -OCH3 is 2. The zero-order chi connectivity index (χ0) is 18.0. The Hall–Kier alpha value is -2.79. The van der Waals surface area contributed by atoms with Gasteiger partial charge in [-0.2, -0.15) is 10.1 Å². The molecule has 1 heterocycles. The summed E-state index contributed by atoms with van der Waals surface area (Å²) in [6.45, 7) is 1.81. The third kappa shape index (κ3) is 3.37. The second kappa shape index (κ2) is 6.99. The van der Waals surface area contributed by atoms with Gasteiger partial charge < -0.3 is 9.47 Å². The van der Waals surface area contributed by atoms with Gasteiger partial charge in [-0.25, -0.2) is 0 Å². The first-order chi connectivity index (χ1) is 12.0. The Bertz CT molecular complexity index is 873. The van der Waals surface area contributed by atoms with Gasteiger partial charge in [-0.3, -0.25) is 4.79 Å². The Labute approximate surface area is 151 Å². The number of hydrogen-bond donors (Lipinski definition) is 0. The number of benzene rings is 2. The van der Waals surface area contributed by atoms with E-state index in [0.29, 0.717) is 33.5 Å². The van der Waals surface area contributed by atoms with Crippen LogP contribution in [0.25, 0.3) is 6.08 Å². The third-order valence-corrected chi connectivity index (χ3v) is 4.10. The first kappa shape index (κ1) is 17.0. The highest BCUT2D eigenvalue weighted by atomic mass is 35.5. The highest BCUT2D eigenvalue weighted by Gasteiger charge is 2.28. The predicted octanol–water partition coefficient (Wildman–Crippen LogP) is 4.16. The minimum Gasteiger partial charge on any atom is -0.493 e. The van der Waals surface area contributed by atoms with E-state index in [4.69, 9.17) is 21.1 Å². The summed E-state index contributed by atoms with van der Waals surface area (Å²) >= 11 is 5.90. The first-order valence-electron chi connectivity index (χ1n) is 7.63. The molecule has 0 aromatic heterocycles. The molecule has 0 spiro atoms. The maximum Gasteiger partial charge on any atom is 0.280 e. The van der Waals surface area contributed by atoms with Gasteiger partial charge in [-0.1, -0.05) is 17.7 Å². The van der Waals surface area contributed by atoms with E-state index in [0.717, 1.165) is 5.56 Å². The van der Waals surface area contributed by atoms with E-state index in [1.807, 2.05) is 12.1 Å². The summed E-state index contributed by atoms with van der Waals surface area (Å²) in [4.78, 5) is 12.7. The van der Waals surface area contributed by atoms with Crippen molar-refractivity contribution in [2.24, 2.45) is 5.10 Å². The first-order valence-corrected chi connectivity index (χ1v) is 8.00. The minimum atomic E-state index is -0.186. The fourth-order valence-corrected chi connectivity index (χ4v) is 2.68. The summed E-state index contributed by atoms with van der Waals surface area (Å²) in [5, 5.41) is 6.34. The molecule has 2 aromatic rings. The lowest BCUT2D eigenvalue weighted by Crippen LogP contribution is -2.21. The largest absolute Gasteiger partial charge is 0.493 e. The van der Waals surface area contributed by atoms with E-state index in [-0.39, 0.29) is 5.91 Å². The standard InChI is InChI=1S/C19H17ClN2O3/c1-12-16(10-13-4-9-17(24-2)18(11-13)25-3)19(23)22(21-12)15-7-5-14(20)6-8-15/h4-11H,1-3H3/b16-10+. The zero-order valence-electron chi connectivity index (χ0n) is 14.1. The summed E-state index contributed by atoms with van der Waals surface area (Å²) in [7, 11) is 3.15. The smallest absolute Gasteiger partial charge is 0.280 e. The van der Waals surface area contributed by atoms with Gasteiger partial charge in [0.2, 0.25) is 0 Å². The van der Waals surface area contributed by atoms with Crippen LogP contribution in [0.4, 0.5) is 5.69 Å². The number of halogens is 1. The van der Waals surface area contributed by atoms with Crippen LogP contribution in [0, 0.1) is 0 Å². The summed E-state index contributed by atoms with van der Waals surface area (Å²) in [6, 6.07) is 12.5. The van der Waals surface area contributed by atoms with Crippen LogP contribution < -0.4 is 14.5 Å². The number of carbonyl (C=O) groups excluding carboxylic acids is 1. The molecule has 3 rings (SSSR count). The van der Waals surface area contributed by atoms with E-state index in [1.165, 1.54) is 5.01 Å². The molecule has 0 N–H and O–H groups in total. The van der Waals surface area contributed by atoms with Gasteiger partial charge in [0, 0.05) is 5.02 Å². The summed E-state index contributed by atoms with van der Waals surface area (Å²) < 4.78 is 10.5. The molecule has 5 nitrogen and oxygen atoms in total. The lowest BCUT2D eigenvalue weighted by atomic mass is 10.1. The molecule has 6 heteroatoms. The normalized spacial score (nSPS) is 15.5. The second-order valence-corrected chi connectivity index (χ2v) is 5.89. The molecule has 0 saturated carbocycles. The molecular formula is C19H17ClN2O3. The maximum atomic E-state index is 12.7. The average Bonchev–Trinajstić information content (AvgIpc) is 2.90. The topological polar surface area (TPSA) is 51.1 Å². The molecular weight excluding hydrogens is 340 g/mol. The fraction of sp³-hybridized carbons (Fsp3) is 0.158. The van der Waals surface area contributed by atoms with E-state index < -0.39 is 0 Å². The molecule has 0 atom stereocenters. The molecule has 0 saturated heterocycles. The van der Waals surface area contributed by atoms with Crippen molar-refractivity contribution in [1.29, 1.82) is 0 Å². The number of amides is 1. The Balaban J connectivity index is 1.93. The molecule has 0 radical (unpaired) electrons. The van der Waals surface area contributed by atoms with Crippen LogP contribution in [-0.4, -0.2) is 25.8 Å². The molecule has 1 amide bonds. The van der Waals surface area contributed by atoms with Gasteiger partial charge in [-0.05, 0) is 55.0 Å².